The minimum atomic E-state index is -0.533. The van der Waals surface area contributed by atoms with Crippen LogP contribution in [0.4, 0.5) is 4.39 Å². The molecule has 1 N–H and O–H groups in total. The number of halogens is 1. The van der Waals surface area contributed by atoms with Crippen molar-refractivity contribution in [3.8, 4) is 5.75 Å². The van der Waals surface area contributed by atoms with Crippen molar-refractivity contribution in [2.24, 2.45) is 0 Å². The highest BCUT2D eigenvalue weighted by Gasteiger charge is 2.23. The van der Waals surface area contributed by atoms with Crippen LogP contribution in [0.2, 0.25) is 0 Å². The van der Waals surface area contributed by atoms with Crippen LogP contribution in [0, 0.1) is 5.82 Å². The molecular formula is C14H17FO4. The molecule has 0 saturated carbocycles. The zero-order valence-electron chi connectivity index (χ0n) is 10.9. The summed E-state index contributed by atoms with van der Waals surface area (Å²) in [5.41, 5.74) is 2.32. The van der Waals surface area contributed by atoms with Crippen LogP contribution in [-0.4, -0.2) is 24.3 Å². The zero-order valence-corrected chi connectivity index (χ0v) is 10.9. The summed E-state index contributed by atoms with van der Waals surface area (Å²) >= 11 is 0. The molecular weight excluding hydrogens is 251 g/mol. The summed E-state index contributed by atoms with van der Waals surface area (Å²) in [6.07, 6.45) is 2.42. The second kappa shape index (κ2) is 6.02. The molecule has 2 rings (SSSR count). The molecule has 0 aromatic heterocycles. The van der Waals surface area contributed by atoms with Crippen LogP contribution in [0.15, 0.2) is 6.07 Å². The van der Waals surface area contributed by atoms with E-state index in [2.05, 4.69) is 0 Å². The minimum Gasteiger partial charge on any atom is -0.479 e. The number of carbonyl (C=O) groups is 1. The van der Waals surface area contributed by atoms with Gasteiger partial charge >= 0.3 is 5.97 Å². The van der Waals surface area contributed by atoms with Gasteiger partial charge in [0.15, 0.2) is 18.2 Å². The molecule has 0 radical (unpaired) electrons. The van der Waals surface area contributed by atoms with Gasteiger partial charge < -0.3 is 14.6 Å². The maximum Gasteiger partial charge on any atom is 0.344 e. The van der Waals surface area contributed by atoms with Gasteiger partial charge in [0.25, 0.3) is 0 Å². The van der Waals surface area contributed by atoms with Crippen LogP contribution < -0.4 is 4.74 Å². The number of aliphatic hydroxyl groups excluding tert-OH is 1. The number of benzene rings is 1. The van der Waals surface area contributed by atoms with Crippen molar-refractivity contribution < 1.29 is 23.8 Å². The van der Waals surface area contributed by atoms with Crippen LogP contribution in [0.1, 0.15) is 30.0 Å². The van der Waals surface area contributed by atoms with Crippen molar-refractivity contribution in [3.63, 3.8) is 0 Å². The van der Waals surface area contributed by atoms with Gasteiger partial charge in [0.1, 0.15) is 0 Å². The fourth-order valence-electron chi connectivity index (χ4n) is 2.43. The van der Waals surface area contributed by atoms with Crippen molar-refractivity contribution >= 4 is 5.97 Å². The highest BCUT2D eigenvalue weighted by atomic mass is 19.1. The third kappa shape index (κ3) is 2.87. The highest BCUT2D eigenvalue weighted by Crippen LogP contribution is 2.35. The average molecular weight is 268 g/mol. The number of hydrogen-bond donors (Lipinski definition) is 1. The molecule has 0 fully saturated rings. The molecule has 0 bridgehead atoms. The van der Waals surface area contributed by atoms with E-state index < -0.39 is 11.8 Å². The minimum absolute atomic E-state index is 0.123. The summed E-state index contributed by atoms with van der Waals surface area (Å²) in [6, 6.07) is 1.28. The van der Waals surface area contributed by atoms with Crippen LogP contribution in [0.5, 0.6) is 5.75 Å². The highest BCUT2D eigenvalue weighted by molar-refractivity contribution is 5.71. The lowest BCUT2D eigenvalue weighted by atomic mass is 10.0. The fourth-order valence-corrected chi connectivity index (χ4v) is 2.43. The van der Waals surface area contributed by atoms with Gasteiger partial charge in [0.05, 0.1) is 13.2 Å². The molecule has 0 amide bonds. The van der Waals surface area contributed by atoms with Gasteiger partial charge in [-0.3, -0.25) is 0 Å². The van der Waals surface area contributed by atoms with Gasteiger partial charge in [-0.15, -0.1) is 0 Å². The number of rotatable bonds is 5. The predicted molar refractivity (Wildman–Crippen MR) is 66.5 cm³/mol. The largest absolute Gasteiger partial charge is 0.479 e. The number of esters is 1. The quantitative estimate of drug-likeness (QED) is 0.827. The van der Waals surface area contributed by atoms with E-state index in [4.69, 9.17) is 9.47 Å². The topological polar surface area (TPSA) is 55.8 Å². The molecule has 0 atom stereocenters. The molecule has 1 aromatic rings. The first-order valence-electron chi connectivity index (χ1n) is 6.39. The lowest BCUT2D eigenvalue weighted by molar-refractivity contribution is -0.145. The van der Waals surface area contributed by atoms with E-state index in [1.807, 2.05) is 0 Å². The van der Waals surface area contributed by atoms with E-state index in [9.17, 15) is 14.3 Å². The molecule has 19 heavy (non-hydrogen) atoms. The van der Waals surface area contributed by atoms with Gasteiger partial charge in [-0.05, 0) is 43.4 Å². The van der Waals surface area contributed by atoms with Crippen molar-refractivity contribution in [1.29, 1.82) is 0 Å². The van der Waals surface area contributed by atoms with Gasteiger partial charge in [-0.1, -0.05) is 0 Å². The van der Waals surface area contributed by atoms with E-state index in [0.29, 0.717) is 12.0 Å². The number of ether oxygens (including phenoxy) is 2. The first kappa shape index (κ1) is 13.8. The summed E-state index contributed by atoms with van der Waals surface area (Å²) < 4.78 is 23.9. The van der Waals surface area contributed by atoms with Crippen LogP contribution in [0.25, 0.3) is 0 Å². The molecule has 0 spiro atoms. The van der Waals surface area contributed by atoms with Crippen LogP contribution >= 0.6 is 0 Å². The molecule has 0 unspecified atom stereocenters. The monoisotopic (exact) mass is 268 g/mol. The lowest BCUT2D eigenvalue weighted by Crippen LogP contribution is -2.16. The Balaban J connectivity index is 2.21. The first-order chi connectivity index (χ1) is 9.17. The van der Waals surface area contributed by atoms with Crippen molar-refractivity contribution in [2.75, 3.05) is 13.2 Å². The Morgan fingerprint density at radius 1 is 1.42 bits per heavy atom. The third-order valence-corrected chi connectivity index (χ3v) is 3.21. The first-order valence-corrected chi connectivity index (χ1v) is 6.39. The summed E-state index contributed by atoms with van der Waals surface area (Å²) in [4.78, 5) is 11.2. The van der Waals surface area contributed by atoms with Gasteiger partial charge in [-0.25, -0.2) is 9.18 Å². The summed E-state index contributed by atoms with van der Waals surface area (Å²) in [7, 11) is 0. The van der Waals surface area contributed by atoms with Gasteiger partial charge in [0.2, 0.25) is 0 Å². The maximum absolute atomic E-state index is 13.9. The summed E-state index contributed by atoms with van der Waals surface area (Å²) in [5.74, 6) is -0.924. The fraction of sp³-hybridized carbons (Fsp3) is 0.500. The smallest absolute Gasteiger partial charge is 0.344 e. The summed E-state index contributed by atoms with van der Waals surface area (Å²) in [6.45, 7) is 1.49. The standard InChI is InChI=1S/C14H17FO4/c1-2-18-13(17)8-19-14-11-5-3-4-10(11)9(7-16)6-12(14)15/h6,16H,2-5,7-8H2,1H3. The van der Waals surface area contributed by atoms with E-state index in [0.717, 1.165) is 24.0 Å². The Morgan fingerprint density at radius 3 is 2.84 bits per heavy atom. The molecule has 1 aliphatic carbocycles. The number of fused-ring (bicyclic) bond motifs is 1. The molecule has 0 aliphatic heterocycles. The molecule has 4 nitrogen and oxygen atoms in total. The maximum atomic E-state index is 13.9. The molecule has 104 valence electrons. The third-order valence-electron chi connectivity index (χ3n) is 3.21. The van der Waals surface area contributed by atoms with E-state index in [1.54, 1.807) is 6.92 Å². The Bertz CT molecular complexity index is 485. The Kier molecular flexibility index (Phi) is 4.37. The summed E-state index contributed by atoms with van der Waals surface area (Å²) in [5, 5.41) is 9.22. The van der Waals surface area contributed by atoms with E-state index in [-0.39, 0.29) is 25.6 Å². The van der Waals surface area contributed by atoms with E-state index in [1.165, 1.54) is 6.07 Å². The van der Waals surface area contributed by atoms with Gasteiger partial charge in [0, 0.05) is 5.56 Å². The normalized spacial score (nSPS) is 13.2. The number of hydrogen-bond acceptors (Lipinski definition) is 4. The second-order valence-electron chi connectivity index (χ2n) is 4.41. The second-order valence-corrected chi connectivity index (χ2v) is 4.41. The zero-order chi connectivity index (χ0) is 13.8. The molecule has 5 heteroatoms. The SMILES string of the molecule is CCOC(=O)COc1c(F)cc(CO)c2c1CCC2. The average Bonchev–Trinajstić information content (AvgIpc) is 2.86. The molecule has 0 saturated heterocycles. The number of aliphatic hydroxyl groups is 1. The molecule has 1 aliphatic rings. The Hall–Kier alpha value is -1.62. The van der Waals surface area contributed by atoms with Crippen LogP contribution in [0.3, 0.4) is 0 Å². The van der Waals surface area contributed by atoms with E-state index >= 15 is 0 Å². The molecule has 0 heterocycles. The van der Waals surface area contributed by atoms with Crippen molar-refractivity contribution in [3.05, 3.63) is 28.6 Å². The predicted octanol–water partition coefficient (Wildman–Crippen LogP) is 1.75. The Morgan fingerprint density at radius 2 is 2.16 bits per heavy atom. The Labute approximate surface area is 111 Å². The number of carbonyl (C=O) groups excluding carboxylic acids is 1. The van der Waals surface area contributed by atoms with Crippen molar-refractivity contribution in [2.45, 2.75) is 32.8 Å². The lowest BCUT2D eigenvalue weighted by Gasteiger charge is -2.14. The van der Waals surface area contributed by atoms with Crippen molar-refractivity contribution in [1.82, 2.24) is 0 Å². The molecule has 1 aromatic carbocycles. The van der Waals surface area contributed by atoms with Crippen LogP contribution in [-0.2, 0) is 29.0 Å². The van der Waals surface area contributed by atoms with Gasteiger partial charge in [-0.2, -0.15) is 0 Å².